The first-order valence-electron chi connectivity index (χ1n) is 20.9. The molecule has 312 valence electrons. The first-order valence-corrected chi connectivity index (χ1v) is 22.8. The normalized spacial score (nSPS) is 22.5. The van der Waals surface area contributed by atoms with Crippen molar-refractivity contribution in [2.45, 2.75) is 141 Å². The van der Waals surface area contributed by atoms with E-state index in [1.807, 2.05) is 55.5 Å². The van der Waals surface area contributed by atoms with E-state index in [2.05, 4.69) is 61.0 Å². The van der Waals surface area contributed by atoms with Crippen LogP contribution >= 0.6 is 0 Å². The molecule has 2 aliphatic rings. The van der Waals surface area contributed by atoms with Crippen molar-refractivity contribution in [2.24, 2.45) is 0 Å². The van der Waals surface area contributed by atoms with Gasteiger partial charge in [-0.15, -0.1) is 0 Å². The Kier molecular flexibility index (Phi) is 14.9. The van der Waals surface area contributed by atoms with Crippen molar-refractivity contribution in [1.82, 2.24) is 20.9 Å². The number of benzene rings is 3. The number of hydrogen-bond acceptors (Lipinski definition) is 7. The van der Waals surface area contributed by atoms with Gasteiger partial charge in [-0.05, 0) is 72.5 Å². The Balaban J connectivity index is 1.25. The number of aliphatic hydroxyl groups is 1. The molecule has 0 radical (unpaired) electrons. The fraction of sp³-hybridized carbons (Fsp3) is 0.500. The van der Waals surface area contributed by atoms with Gasteiger partial charge in [-0.25, -0.2) is 0 Å². The highest BCUT2D eigenvalue weighted by atomic mass is 28.4. The van der Waals surface area contributed by atoms with Gasteiger partial charge in [0, 0.05) is 19.4 Å². The molecule has 5 rings (SSSR count). The van der Waals surface area contributed by atoms with Crippen LogP contribution in [0, 0.1) is 0 Å². The van der Waals surface area contributed by atoms with Crippen molar-refractivity contribution in [2.75, 3.05) is 6.54 Å². The highest BCUT2D eigenvalue weighted by Gasteiger charge is 2.51. The molecule has 3 aromatic rings. The zero-order valence-corrected chi connectivity index (χ0v) is 36.0. The smallest absolute Gasteiger partial charge is 0.262 e. The molecule has 4 N–H and O–H groups in total. The number of nitrogens with zero attached hydrogens (tertiary/aromatic N) is 1. The van der Waals surface area contributed by atoms with Gasteiger partial charge in [-0.3, -0.25) is 24.0 Å². The van der Waals surface area contributed by atoms with Crippen LogP contribution < -0.4 is 26.3 Å². The Bertz CT molecular complexity index is 1850. The summed E-state index contributed by atoms with van der Waals surface area (Å²) in [5, 5.41) is 20.2. The van der Waals surface area contributed by atoms with Crippen LogP contribution in [0.5, 0.6) is 0 Å². The standard InChI is InChI=1S/C46H62N4O7Si/c1-7-46(6)44(56)48-38(30-33-25-27-34(31-51)28-26-33)43(55)50-29-17-23-39(50)42(54)47-37(41(53)49-46)22-15-10-16-24-40(52)32(2)57-58(45(3,4)5,35-18-11-8-12-19-35)36-20-13-9-14-21-36/h8-9,11-14,18-21,25-28,32,37-39,51H,7,10,15-17,22-24,29-31H2,1-6H3,(H,47,54)(H,48,56)(H,49,53)/t32-,37-,38-,39+,46-/m0/s1. The summed E-state index contributed by atoms with van der Waals surface area (Å²) in [5.74, 6) is -1.68. The molecule has 0 aliphatic carbocycles. The molecule has 0 bridgehead atoms. The second-order valence-electron chi connectivity index (χ2n) is 17.1. The van der Waals surface area contributed by atoms with Gasteiger partial charge in [0.25, 0.3) is 8.32 Å². The predicted octanol–water partition coefficient (Wildman–Crippen LogP) is 4.47. The molecule has 2 fully saturated rings. The minimum absolute atomic E-state index is 0.0150. The molecule has 0 aromatic heterocycles. The lowest BCUT2D eigenvalue weighted by molar-refractivity contribution is -0.144. The van der Waals surface area contributed by atoms with Gasteiger partial charge in [0.1, 0.15) is 29.8 Å². The number of carbonyl (C=O) groups is 5. The van der Waals surface area contributed by atoms with E-state index >= 15 is 0 Å². The fourth-order valence-corrected chi connectivity index (χ4v) is 13.0. The van der Waals surface area contributed by atoms with E-state index in [-0.39, 0.29) is 36.2 Å². The molecule has 2 saturated heterocycles. The Hall–Kier alpha value is -4.65. The summed E-state index contributed by atoms with van der Waals surface area (Å²) < 4.78 is 7.03. The van der Waals surface area contributed by atoms with Crippen LogP contribution in [0.1, 0.15) is 104 Å². The Morgan fingerprint density at radius 2 is 1.47 bits per heavy atom. The van der Waals surface area contributed by atoms with Gasteiger partial charge in [0.05, 0.1) is 6.61 Å². The number of hydrogen-bond donors (Lipinski definition) is 4. The third-order valence-electron chi connectivity index (χ3n) is 12.0. The lowest BCUT2D eigenvalue weighted by Gasteiger charge is -2.44. The lowest BCUT2D eigenvalue weighted by atomic mass is 9.94. The van der Waals surface area contributed by atoms with E-state index in [1.54, 1.807) is 26.0 Å². The zero-order valence-electron chi connectivity index (χ0n) is 35.0. The second-order valence-corrected chi connectivity index (χ2v) is 21.4. The van der Waals surface area contributed by atoms with Gasteiger partial charge >= 0.3 is 0 Å². The number of aliphatic hydroxyl groups excluding tert-OH is 1. The van der Waals surface area contributed by atoms with E-state index in [0.29, 0.717) is 51.5 Å². The van der Waals surface area contributed by atoms with E-state index in [9.17, 15) is 29.1 Å². The number of fused-ring (bicyclic) bond motifs is 1. The van der Waals surface area contributed by atoms with Crippen molar-refractivity contribution in [3.8, 4) is 0 Å². The molecule has 4 amide bonds. The van der Waals surface area contributed by atoms with Crippen molar-refractivity contribution in [1.29, 1.82) is 0 Å². The largest absolute Gasteiger partial charge is 0.398 e. The second kappa shape index (κ2) is 19.4. The van der Waals surface area contributed by atoms with Crippen LogP contribution in [0.4, 0.5) is 0 Å². The van der Waals surface area contributed by atoms with E-state index in [4.69, 9.17) is 4.43 Å². The van der Waals surface area contributed by atoms with E-state index in [0.717, 1.165) is 21.5 Å². The molecule has 12 heteroatoms. The molecule has 2 heterocycles. The minimum atomic E-state index is -2.91. The maximum Gasteiger partial charge on any atom is 0.262 e. The van der Waals surface area contributed by atoms with Crippen LogP contribution in [0.25, 0.3) is 0 Å². The molecule has 5 atom stereocenters. The molecule has 58 heavy (non-hydrogen) atoms. The number of carbonyl (C=O) groups excluding carboxylic acids is 5. The average Bonchev–Trinajstić information content (AvgIpc) is 3.72. The zero-order chi connectivity index (χ0) is 42.1. The SMILES string of the molecule is CC[C@]1(C)NC(=O)[C@H](CCCCCC(=O)[C@H](C)O[Si](c2ccccc2)(c2ccccc2)C(C)(C)C)NC(=O)[C@H]2CCCN2C(=O)[C@H](Cc2ccc(CO)cc2)NC1=O. The first-order chi connectivity index (χ1) is 27.6. The molecule has 3 aromatic carbocycles. The number of nitrogens with one attached hydrogen (secondary N) is 3. The third kappa shape index (κ3) is 10.1. The van der Waals surface area contributed by atoms with Crippen LogP contribution in [-0.4, -0.2) is 84.0 Å². The lowest BCUT2D eigenvalue weighted by Crippen LogP contribution is -2.68. The maximum atomic E-state index is 14.1. The van der Waals surface area contributed by atoms with Gasteiger partial charge in [0.2, 0.25) is 23.6 Å². The Labute approximate surface area is 344 Å². The van der Waals surface area contributed by atoms with Gasteiger partial charge < -0.3 is 30.4 Å². The molecule has 2 aliphatic heterocycles. The topological polar surface area (TPSA) is 154 Å². The number of rotatable bonds is 15. The molecular formula is C46H62N4O7Si. The summed E-state index contributed by atoms with van der Waals surface area (Å²) in [6.07, 6.45) is 3.24. The average molecular weight is 811 g/mol. The quantitative estimate of drug-likeness (QED) is 0.131. The minimum Gasteiger partial charge on any atom is -0.398 e. The highest BCUT2D eigenvalue weighted by molar-refractivity contribution is 6.99. The number of ketones is 1. The maximum absolute atomic E-state index is 14.1. The fourth-order valence-electron chi connectivity index (χ4n) is 8.29. The summed E-state index contributed by atoms with van der Waals surface area (Å²) in [5.41, 5.74) is 0.162. The van der Waals surface area contributed by atoms with E-state index in [1.165, 1.54) is 4.90 Å². The summed E-state index contributed by atoms with van der Waals surface area (Å²) in [7, 11) is -2.91. The monoisotopic (exact) mass is 810 g/mol. The van der Waals surface area contributed by atoms with Crippen LogP contribution in [0.15, 0.2) is 84.9 Å². The summed E-state index contributed by atoms with van der Waals surface area (Å²) in [4.78, 5) is 71.0. The third-order valence-corrected chi connectivity index (χ3v) is 17.1. The number of Topliss-reactive ketones (excluding diaryl/α,β-unsaturated/α-hetero) is 1. The van der Waals surface area contributed by atoms with Crippen molar-refractivity contribution < 1.29 is 33.5 Å². The van der Waals surface area contributed by atoms with Crippen LogP contribution in [0.3, 0.4) is 0 Å². The van der Waals surface area contributed by atoms with Gasteiger partial charge in [0.15, 0.2) is 5.78 Å². The number of amides is 4. The number of unbranched alkanes of at least 4 members (excludes halogenated alkanes) is 2. The van der Waals surface area contributed by atoms with Crippen molar-refractivity contribution in [3.63, 3.8) is 0 Å². The molecule has 11 nitrogen and oxygen atoms in total. The van der Waals surface area contributed by atoms with Crippen LogP contribution in [-0.2, 0) is 41.4 Å². The van der Waals surface area contributed by atoms with E-state index < -0.39 is 55.8 Å². The molecule has 0 saturated carbocycles. The van der Waals surface area contributed by atoms with Crippen LogP contribution in [0.2, 0.25) is 5.04 Å². The van der Waals surface area contributed by atoms with Crippen molar-refractivity contribution in [3.05, 3.63) is 96.1 Å². The predicted molar refractivity (Wildman–Crippen MR) is 228 cm³/mol. The molecular weight excluding hydrogens is 749 g/mol. The Morgan fingerprint density at radius 1 is 0.862 bits per heavy atom. The first kappa shape index (κ1) is 44.4. The Morgan fingerprint density at radius 3 is 2.03 bits per heavy atom. The molecule has 0 unspecified atom stereocenters. The van der Waals surface area contributed by atoms with Gasteiger partial charge in [-0.2, -0.15) is 0 Å². The summed E-state index contributed by atoms with van der Waals surface area (Å²) in [6.45, 7) is 12.1. The molecule has 0 spiro atoms. The summed E-state index contributed by atoms with van der Waals surface area (Å²) >= 11 is 0. The highest BCUT2D eigenvalue weighted by Crippen LogP contribution is 2.37. The summed E-state index contributed by atoms with van der Waals surface area (Å²) in [6, 6.07) is 25.0. The van der Waals surface area contributed by atoms with Crippen molar-refractivity contribution >= 4 is 48.1 Å². The van der Waals surface area contributed by atoms with Gasteiger partial charge in [-0.1, -0.05) is 125 Å².